The quantitative estimate of drug-likeness (QED) is 0.206. The molecule has 9 heteroatoms. The number of hydrogen-bond acceptors (Lipinski definition) is 7. The van der Waals surface area contributed by atoms with E-state index in [0.717, 1.165) is 12.3 Å². The molecular formula is C8H10N4O5. The van der Waals surface area contributed by atoms with Gasteiger partial charge >= 0.3 is 5.69 Å². The van der Waals surface area contributed by atoms with Crippen LogP contribution in [0, 0.1) is 10.1 Å². The number of ether oxygens (including phenoxy) is 1. The molecule has 0 bridgehead atoms. The van der Waals surface area contributed by atoms with Gasteiger partial charge in [-0.15, -0.1) is 0 Å². The third kappa shape index (κ3) is 3.01. The van der Waals surface area contributed by atoms with E-state index < -0.39 is 10.6 Å². The average molecular weight is 242 g/mol. The Morgan fingerprint density at radius 1 is 1.71 bits per heavy atom. The number of rotatable bonds is 5. The van der Waals surface area contributed by atoms with E-state index in [2.05, 4.69) is 10.1 Å². The summed E-state index contributed by atoms with van der Waals surface area (Å²) in [5.74, 6) is -0.534. The molecule has 1 heterocycles. The molecule has 0 atom stereocenters. The van der Waals surface area contributed by atoms with Crippen LogP contribution in [-0.2, 0) is 0 Å². The SMILES string of the molecule is NC(=NO)c1cnc(OCCO)c([N+](=O)[O-])c1. The highest BCUT2D eigenvalue weighted by molar-refractivity contribution is 5.97. The monoisotopic (exact) mass is 242 g/mol. The first-order valence-electron chi connectivity index (χ1n) is 4.46. The lowest BCUT2D eigenvalue weighted by Gasteiger charge is -2.05. The largest absolute Gasteiger partial charge is 0.470 e. The lowest BCUT2D eigenvalue weighted by molar-refractivity contribution is -0.386. The second-order valence-corrected chi connectivity index (χ2v) is 2.86. The predicted octanol–water partition coefficient (Wildman–Crippen LogP) is -0.545. The molecule has 0 saturated heterocycles. The fourth-order valence-corrected chi connectivity index (χ4v) is 1.02. The number of hydrogen-bond donors (Lipinski definition) is 3. The number of nitro groups is 1. The molecule has 0 aliphatic heterocycles. The van der Waals surface area contributed by atoms with Crippen LogP contribution in [0.15, 0.2) is 17.4 Å². The Kier molecular flexibility index (Phi) is 4.17. The van der Waals surface area contributed by atoms with Crippen molar-refractivity contribution in [2.24, 2.45) is 10.9 Å². The van der Waals surface area contributed by atoms with Gasteiger partial charge in [0.05, 0.1) is 11.5 Å². The van der Waals surface area contributed by atoms with Crippen molar-refractivity contribution in [2.45, 2.75) is 0 Å². The summed E-state index contributed by atoms with van der Waals surface area (Å²) in [6, 6.07) is 1.06. The Bertz CT molecular complexity index is 448. The number of oxime groups is 1. The van der Waals surface area contributed by atoms with Gasteiger partial charge in [-0.2, -0.15) is 0 Å². The molecule has 17 heavy (non-hydrogen) atoms. The van der Waals surface area contributed by atoms with Gasteiger partial charge in [-0.05, 0) is 0 Å². The highest BCUT2D eigenvalue weighted by atomic mass is 16.6. The fourth-order valence-electron chi connectivity index (χ4n) is 1.02. The van der Waals surface area contributed by atoms with Crippen molar-refractivity contribution >= 4 is 11.5 Å². The summed E-state index contributed by atoms with van der Waals surface area (Å²) in [5, 5.41) is 30.4. The third-order valence-electron chi connectivity index (χ3n) is 1.76. The van der Waals surface area contributed by atoms with E-state index in [4.69, 9.17) is 20.8 Å². The highest BCUT2D eigenvalue weighted by Crippen LogP contribution is 2.24. The van der Waals surface area contributed by atoms with Gasteiger partial charge in [0.2, 0.25) is 0 Å². The molecule has 0 fully saturated rings. The topological polar surface area (TPSA) is 144 Å². The molecule has 0 unspecified atom stereocenters. The molecule has 0 aliphatic carbocycles. The van der Waals surface area contributed by atoms with E-state index in [1.807, 2.05) is 0 Å². The number of aromatic nitrogens is 1. The molecule has 0 amide bonds. The molecule has 4 N–H and O–H groups in total. The van der Waals surface area contributed by atoms with Crippen molar-refractivity contribution < 1.29 is 20.0 Å². The minimum Gasteiger partial charge on any atom is -0.470 e. The Morgan fingerprint density at radius 3 is 2.94 bits per heavy atom. The zero-order valence-electron chi connectivity index (χ0n) is 8.61. The molecular weight excluding hydrogens is 232 g/mol. The maximum atomic E-state index is 10.7. The Balaban J connectivity index is 3.13. The number of aliphatic hydroxyl groups is 1. The van der Waals surface area contributed by atoms with Crippen LogP contribution in [0.5, 0.6) is 5.88 Å². The van der Waals surface area contributed by atoms with E-state index in [9.17, 15) is 10.1 Å². The third-order valence-corrected chi connectivity index (χ3v) is 1.76. The summed E-state index contributed by atoms with van der Waals surface area (Å²) in [6.07, 6.45) is 1.16. The molecule has 1 aromatic heterocycles. The van der Waals surface area contributed by atoms with Gasteiger partial charge in [-0.3, -0.25) is 10.1 Å². The summed E-state index contributed by atoms with van der Waals surface area (Å²) in [7, 11) is 0. The summed E-state index contributed by atoms with van der Waals surface area (Å²) in [6.45, 7) is -0.405. The molecule has 92 valence electrons. The zero-order valence-corrected chi connectivity index (χ0v) is 8.61. The number of pyridine rings is 1. The molecule has 0 aromatic carbocycles. The van der Waals surface area contributed by atoms with Crippen LogP contribution in [0.4, 0.5) is 5.69 Å². The summed E-state index contributed by atoms with van der Waals surface area (Å²) in [4.78, 5) is 13.7. The van der Waals surface area contributed by atoms with E-state index in [1.165, 1.54) is 0 Å². The van der Waals surface area contributed by atoms with E-state index in [-0.39, 0.29) is 30.5 Å². The smallest absolute Gasteiger partial charge is 0.331 e. The first-order valence-corrected chi connectivity index (χ1v) is 4.46. The second kappa shape index (κ2) is 5.61. The van der Waals surface area contributed by atoms with Gasteiger partial charge in [0.15, 0.2) is 5.84 Å². The summed E-state index contributed by atoms with van der Waals surface area (Å²) < 4.78 is 4.87. The lowest BCUT2D eigenvalue weighted by atomic mass is 10.2. The molecule has 1 rings (SSSR count). The van der Waals surface area contributed by atoms with Crippen LogP contribution in [0.3, 0.4) is 0 Å². The van der Waals surface area contributed by atoms with Crippen LogP contribution < -0.4 is 10.5 Å². The van der Waals surface area contributed by atoms with Gasteiger partial charge in [0, 0.05) is 17.8 Å². The standard InChI is InChI=1S/C8H10N4O5/c9-7(11-14)5-3-6(12(15)16)8(10-4-5)17-2-1-13/h3-4,13-14H,1-2H2,(H2,9,11). The zero-order chi connectivity index (χ0) is 12.8. The van der Waals surface area contributed by atoms with Crippen LogP contribution in [0.25, 0.3) is 0 Å². The number of nitrogens with two attached hydrogens (primary N) is 1. The van der Waals surface area contributed by atoms with Gasteiger partial charge in [0.1, 0.15) is 6.61 Å². The van der Waals surface area contributed by atoms with Gasteiger partial charge in [-0.1, -0.05) is 5.16 Å². The maximum absolute atomic E-state index is 10.7. The molecule has 1 aromatic rings. The van der Waals surface area contributed by atoms with Crippen LogP contribution >= 0.6 is 0 Å². The van der Waals surface area contributed by atoms with Crippen LogP contribution in [0.1, 0.15) is 5.56 Å². The van der Waals surface area contributed by atoms with Crippen LogP contribution in [-0.4, -0.2) is 39.3 Å². The normalized spacial score (nSPS) is 11.2. The average Bonchev–Trinajstić information content (AvgIpc) is 2.35. The lowest BCUT2D eigenvalue weighted by Crippen LogP contribution is -2.14. The maximum Gasteiger partial charge on any atom is 0.331 e. The molecule has 0 aliphatic rings. The summed E-state index contributed by atoms with van der Waals surface area (Å²) in [5.41, 5.74) is 4.93. The first-order chi connectivity index (χ1) is 8.10. The minimum atomic E-state index is -0.714. The molecule has 9 nitrogen and oxygen atoms in total. The predicted molar refractivity (Wildman–Crippen MR) is 56.0 cm³/mol. The van der Waals surface area contributed by atoms with Crippen molar-refractivity contribution in [3.8, 4) is 5.88 Å². The Labute approximate surface area is 95.3 Å². The molecule has 0 radical (unpaired) electrons. The minimum absolute atomic E-state index is 0.0931. The van der Waals surface area contributed by atoms with Crippen LogP contribution in [0.2, 0.25) is 0 Å². The van der Waals surface area contributed by atoms with Crippen molar-refractivity contribution in [3.05, 3.63) is 27.9 Å². The van der Waals surface area contributed by atoms with E-state index in [1.54, 1.807) is 0 Å². The van der Waals surface area contributed by atoms with Crippen molar-refractivity contribution in [1.82, 2.24) is 4.98 Å². The Hall–Kier alpha value is -2.42. The van der Waals surface area contributed by atoms with Crippen molar-refractivity contribution in [3.63, 3.8) is 0 Å². The Morgan fingerprint density at radius 2 is 2.41 bits per heavy atom. The van der Waals surface area contributed by atoms with E-state index >= 15 is 0 Å². The van der Waals surface area contributed by atoms with E-state index in [0.29, 0.717) is 0 Å². The van der Waals surface area contributed by atoms with Crippen molar-refractivity contribution in [1.29, 1.82) is 0 Å². The number of amidine groups is 1. The number of nitrogens with zero attached hydrogens (tertiary/aromatic N) is 3. The first kappa shape index (κ1) is 12.6. The molecule has 0 spiro atoms. The van der Waals surface area contributed by atoms with Gasteiger partial charge in [0.25, 0.3) is 5.88 Å². The summed E-state index contributed by atoms with van der Waals surface area (Å²) >= 11 is 0. The van der Waals surface area contributed by atoms with Gasteiger partial charge < -0.3 is 20.8 Å². The fraction of sp³-hybridized carbons (Fsp3) is 0.250. The van der Waals surface area contributed by atoms with Gasteiger partial charge in [-0.25, -0.2) is 4.98 Å². The highest BCUT2D eigenvalue weighted by Gasteiger charge is 2.19. The van der Waals surface area contributed by atoms with Crippen molar-refractivity contribution in [2.75, 3.05) is 13.2 Å². The molecule has 0 saturated carbocycles. The number of aliphatic hydroxyl groups excluding tert-OH is 1. The second-order valence-electron chi connectivity index (χ2n) is 2.86.